The van der Waals surface area contributed by atoms with Crippen LogP contribution in [0.3, 0.4) is 0 Å². The summed E-state index contributed by atoms with van der Waals surface area (Å²) in [5.74, 6) is 0. The molecule has 96 valence electrons. The summed E-state index contributed by atoms with van der Waals surface area (Å²) in [5, 5.41) is 6.75. The van der Waals surface area contributed by atoms with Crippen molar-refractivity contribution < 1.29 is 0 Å². The summed E-state index contributed by atoms with van der Waals surface area (Å²) in [6.07, 6.45) is 4.67. The van der Waals surface area contributed by atoms with E-state index in [-0.39, 0.29) is 0 Å². The van der Waals surface area contributed by atoms with E-state index >= 15 is 0 Å². The van der Waals surface area contributed by atoms with Gasteiger partial charge in [-0.3, -0.25) is 0 Å². The van der Waals surface area contributed by atoms with E-state index in [1.807, 2.05) is 6.20 Å². The van der Waals surface area contributed by atoms with Crippen LogP contribution in [-0.4, -0.2) is 18.1 Å². The summed E-state index contributed by atoms with van der Waals surface area (Å²) in [6.45, 7) is 1.91. The van der Waals surface area contributed by atoms with Gasteiger partial charge in [0, 0.05) is 35.6 Å². The zero-order chi connectivity index (χ0) is 12.4. The Morgan fingerprint density at radius 3 is 3.06 bits per heavy atom. The molecule has 0 aliphatic heterocycles. The van der Waals surface area contributed by atoms with Gasteiger partial charge < -0.3 is 10.2 Å². The molecule has 0 amide bonds. The molecule has 1 N–H and O–H groups in total. The predicted octanol–water partition coefficient (Wildman–Crippen LogP) is 3.09. The number of nitrogens with zero attached hydrogens (tertiary/aromatic N) is 2. The summed E-state index contributed by atoms with van der Waals surface area (Å²) in [5.41, 5.74) is 0. The summed E-state index contributed by atoms with van der Waals surface area (Å²) in [4.78, 5) is 9.43. The molecule has 0 saturated heterocycles. The Hall–Kier alpha value is -0.910. The SMILES string of the molecule is CN(Cc1cccs1)c1ncc(CNC2CC2)s1. The van der Waals surface area contributed by atoms with Gasteiger partial charge >= 0.3 is 0 Å². The van der Waals surface area contributed by atoms with E-state index in [4.69, 9.17) is 0 Å². The quantitative estimate of drug-likeness (QED) is 0.880. The van der Waals surface area contributed by atoms with Crippen molar-refractivity contribution >= 4 is 27.8 Å². The molecule has 1 fully saturated rings. The van der Waals surface area contributed by atoms with Crippen LogP contribution in [0, 0.1) is 0 Å². The maximum absolute atomic E-state index is 4.50. The Kier molecular flexibility index (Phi) is 3.63. The fourth-order valence-electron chi connectivity index (χ4n) is 1.79. The highest BCUT2D eigenvalue weighted by molar-refractivity contribution is 7.15. The first-order valence-corrected chi connectivity index (χ1v) is 7.92. The Morgan fingerprint density at radius 2 is 2.33 bits per heavy atom. The number of rotatable bonds is 6. The molecule has 0 bridgehead atoms. The van der Waals surface area contributed by atoms with Gasteiger partial charge in [-0.05, 0) is 24.3 Å². The van der Waals surface area contributed by atoms with E-state index in [0.717, 1.165) is 24.3 Å². The minimum atomic E-state index is 0.763. The second-order valence-electron chi connectivity index (χ2n) is 4.70. The molecule has 3 nitrogen and oxygen atoms in total. The number of anilines is 1. The van der Waals surface area contributed by atoms with Crippen molar-refractivity contribution in [1.82, 2.24) is 10.3 Å². The van der Waals surface area contributed by atoms with Crippen LogP contribution in [0.2, 0.25) is 0 Å². The smallest absolute Gasteiger partial charge is 0.185 e. The normalized spacial score (nSPS) is 14.9. The minimum absolute atomic E-state index is 0.763. The second kappa shape index (κ2) is 5.38. The Labute approximate surface area is 115 Å². The summed E-state index contributed by atoms with van der Waals surface area (Å²) in [7, 11) is 2.11. The van der Waals surface area contributed by atoms with Crippen LogP contribution in [0.15, 0.2) is 23.7 Å². The fourth-order valence-corrected chi connectivity index (χ4v) is 3.37. The van der Waals surface area contributed by atoms with Crippen LogP contribution < -0.4 is 10.2 Å². The predicted molar refractivity (Wildman–Crippen MR) is 78.4 cm³/mol. The molecule has 1 aliphatic rings. The zero-order valence-electron chi connectivity index (χ0n) is 10.4. The highest BCUT2D eigenvalue weighted by atomic mass is 32.1. The van der Waals surface area contributed by atoms with E-state index in [2.05, 4.69) is 39.8 Å². The van der Waals surface area contributed by atoms with E-state index in [9.17, 15) is 0 Å². The largest absolute Gasteiger partial charge is 0.346 e. The summed E-state index contributed by atoms with van der Waals surface area (Å²) >= 11 is 3.59. The van der Waals surface area contributed by atoms with Crippen molar-refractivity contribution in [2.45, 2.75) is 32.0 Å². The first kappa shape index (κ1) is 12.1. The van der Waals surface area contributed by atoms with Crippen molar-refractivity contribution in [3.05, 3.63) is 33.5 Å². The van der Waals surface area contributed by atoms with Gasteiger partial charge in [-0.25, -0.2) is 4.98 Å². The topological polar surface area (TPSA) is 28.2 Å². The van der Waals surface area contributed by atoms with Gasteiger partial charge in [-0.2, -0.15) is 0 Å². The Morgan fingerprint density at radius 1 is 1.44 bits per heavy atom. The zero-order valence-corrected chi connectivity index (χ0v) is 12.1. The number of thiophene rings is 1. The standard InChI is InChI=1S/C13H17N3S2/c1-16(9-11-3-2-6-17-11)13-15-8-12(18-13)7-14-10-4-5-10/h2-3,6,8,10,14H,4-5,7,9H2,1H3. The molecule has 2 aromatic rings. The van der Waals surface area contributed by atoms with Crippen LogP contribution in [0.1, 0.15) is 22.6 Å². The van der Waals surface area contributed by atoms with E-state index in [1.165, 1.54) is 22.6 Å². The molecule has 1 saturated carbocycles. The molecule has 0 aromatic carbocycles. The van der Waals surface area contributed by atoms with Crippen molar-refractivity contribution in [2.75, 3.05) is 11.9 Å². The Bertz CT molecular complexity index is 488. The number of hydrogen-bond donors (Lipinski definition) is 1. The van der Waals surface area contributed by atoms with Crippen LogP contribution >= 0.6 is 22.7 Å². The molecule has 0 radical (unpaired) electrons. The van der Waals surface area contributed by atoms with Gasteiger partial charge in [-0.15, -0.1) is 22.7 Å². The molecule has 5 heteroatoms. The van der Waals surface area contributed by atoms with Gasteiger partial charge in [0.15, 0.2) is 5.13 Å². The van der Waals surface area contributed by atoms with Crippen LogP contribution in [-0.2, 0) is 13.1 Å². The van der Waals surface area contributed by atoms with Crippen LogP contribution in [0.5, 0.6) is 0 Å². The lowest BCUT2D eigenvalue weighted by Gasteiger charge is -2.13. The maximum Gasteiger partial charge on any atom is 0.185 e. The summed E-state index contributed by atoms with van der Waals surface area (Å²) < 4.78 is 0. The molecule has 18 heavy (non-hydrogen) atoms. The first-order chi connectivity index (χ1) is 8.81. The van der Waals surface area contributed by atoms with Gasteiger partial charge in [0.2, 0.25) is 0 Å². The van der Waals surface area contributed by atoms with Gasteiger partial charge in [0.1, 0.15) is 0 Å². The Balaban J connectivity index is 1.57. The monoisotopic (exact) mass is 279 g/mol. The molecular formula is C13H17N3S2. The molecular weight excluding hydrogens is 262 g/mol. The van der Waals surface area contributed by atoms with Gasteiger partial charge in [0.25, 0.3) is 0 Å². The van der Waals surface area contributed by atoms with Gasteiger partial charge in [-0.1, -0.05) is 6.07 Å². The lowest BCUT2D eigenvalue weighted by atomic mass is 10.4. The molecule has 0 atom stereocenters. The van der Waals surface area contributed by atoms with Crippen LogP contribution in [0.25, 0.3) is 0 Å². The fraction of sp³-hybridized carbons (Fsp3) is 0.462. The third kappa shape index (κ3) is 3.10. The average molecular weight is 279 g/mol. The summed E-state index contributed by atoms with van der Waals surface area (Å²) in [6, 6.07) is 5.03. The van der Waals surface area contributed by atoms with Crippen LogP contribution in [0.4, 0.5) is 5.13 Å². The van der Waals surface area contributed by atoms with Crippen molar-refractivity contribution in [3.8, 4) is 0 Å². The third-order valence-corrected chi connectivity index (χ3v) is 4.96. The molecule has 1 aliphatic carbocycles. The van der Waals surface area contributed by atoms with Gasteiger partial charge in [0.05, 0.1) is 6.54 Å². The second-order valence-corrected chi connectivity index (χ2v) is 6.83. The highest BCUT2D eigenvalue weighted by Crippen LogP contribution is 2.25. The molecule has 3 rings (SSSR count). The number of hydrogen-bond acceptors (Lipinski definition) is 5. The third-order valence-electron chi connectivity index (χ3n) is 2.98. The minimum Gasteiger partial charge on any atom is -0.346 e. The number of aromatic nitrogens is 1. The lowest BCUT2D eigenvalue weighted by molar-refractivity contribution is 0.694. The highest BCUT2D eigenvalue weighted by Gasteiger charge is 2.20. The first-order valence-electron chi connectivity index (χ1n) is 6.23. The molecule has 2 aromatic heterocycles. The van der Waals surface area contributed by atoms with E-state index in [1.54, 1.807) is 22.7 Å². The molecule has 2 heterocycles. The average Bonchev–Trinajstić information content (AvgIpc) is 2.88. The van der Waals surface area contributed by atoms with E-state index in [0.29, 0.717) is 0 Å². The van der Waals surface area contributed by atoms with Crippen molar-refractivity contribution in [3.63, 3.8) is 0 Å². The lowest BCUT2D eigenvalue weighted by Crippen LogP contribution is -2.15. The van der Waals surface area contributed by atoms with Crippen molar-refractivity contribution in [1.29, 1.82) is 0 Å². The molecule has 0 spiro atoms. The van der Waals surface area contributed by atoms with Crippen molar-refractivity contribution in [2.24, 2.45) is 0 Å². The number of thiazole rings is 1. The number of nitrogens with one attached hydrogen (secondary N) is 1. The molecule has 0 unspecified atom stereocenters. The maximum atomic E-state index is 4.50. The van der Waals surface area contributed by atoms with E-state index < -0.39 is 0 Å².